The number of halogens is 1. The number of aromatic hydroxyl groups is 1. The first kappa shape index (κ1) is 19.5. The Morgan fingerprint density at radius 2 is 1.79 bits per heavy atom. The Labute approximate surface area is 166 Å². The van der Waals surface area contributed by atoms with E-state index in [4.69, 9.17) is 21.1 Å². The summed E-state index contributed by atoms with van der Waals surface area (Å²) in [5.41, 5.74) is 1.17. The van der Waals surface area contributed by atoms with Crippen LogP contribution in [0.5, 0.6) is 11.5 Å². The van der Waals surface area contributed by atoms with Gasteiger partial charge in [-0.25, -0.2) is 4.79 Å². The molecule has 0 bridgehead atoms. The Balaban J connectivity index is 1.69. The molecule has 2 N–H and O–H groups in total. The van der Waals surface area contributed by atoms with Crippen molar-refractivity contribution < 1.29 is 24.2 Å². The highest BCUT2D eigenvalue weighted by Gasteiger charge is 2.17. The SMILES string of the molecule is COc1cc(Cl)c(C)cc1NC(=O)COC(=O)c1cc2ccccc2cc1O. The molecule has 0 aromatic heterocycles. The fourth-order valence-electron chi connectivity index (χ4n) is 2.72. The Hall–Kier alpha value is -3.25. The first-order valence-electron chi connectivity index (χ1n) is 8.42. The van der Waals surface area contributed by atoms with Gasteiger partial charge in [0.15, 0.2) is 6.61 Å². The van der Waals surface area contributed by atoms with Crippen LogP contribution in [0.2, 0.25) is 5.02 Å². The molecular weight excluding hydrogens is 382 g/mol. The van der Waals surface area contributed by atoms with Crippen molar-refractivity contribution in [2.45, 2.75) is 6.92 Å². The van der Waals surface area contributed by atoms with Crippen molar-refractivity contribution in [3.8, 4) is 11.5 Å². The lowest BCUT2D eigenvalue weighted by molar-refractivity contribution is -0.119. The van der Waals surface area contributed by atoms with Gasteiger partial charge in [-0.2, -0.15) is 0 Å². The van der Waals surface area contributed by atoms with E-state index in [-0.39, 0.29) is 11.3 Å². The number of phenolic OH excluding ortho intramolecular Hbond substituents is 1. The van der Waals surface area contributed by atoms with E-state index < -0.39 is 18.5 Å². The minimum absolute atomic E-state index is 0.00795. The minimum Gasteiger partial charge on any atom is -0.507 e. The monoisotopic (exact) mass is 399 g/mol. The molecule has 0 aliphatic heterocycles. The number of esters is 1. The van der Waals surface area contributed by atoms with E-state index in [2.05, 4.69) is 5.32 Å². The van der Waals surface area contributed by atoms with Gasteiger partial charge in [0.25, 0.3) is 5.91 Å². The van der Waals surface area contributed by atoms with Crippen molar-refractivity contribution in [1.29, 1.82) is 0 Å². The van der Waals surface area contributed by atoms with E-state index >= 15 is 0 Å². The topological polar surface area (TPSA) is 84.9 Å². The summed E-state index contributed by atoms with van der Waals surface area (Å²) in [6.07, 6.45) is 0. The van der Waals surface area contributed by atoms with Crippen LogP contribution in [0.4, 0.5) is 5.69 Å². The first-order chi connectivity index (χ1) is 13.4. The second kappa shape index (κ2) is 8.19. The van der Waals surface area contributed by atoms with Gasteiger partial charge in [-0.05, 0) is 41.5 Å². The maximum atomic E-state index is 12.3. The molecule has 6 nitrogen and oxygen atoms in total. The number of phenols is 1. The number of rotatable bonds is 5. The summed E-state index contributed by atoms with van der Waals surface area (Å²) in [7, 11) is 1.46. The van der Waals surface area contributed by atoms with Crippen molar-refractivity contribution in [2.24, 2.45) is 0 Å². The van der Waals surface area contributed by atoms with E-state index in [1.807, 2.05) is 24.3 Å². The van der Waals surface area contributed by atoms with Crippen molar-refractivity contribution in [3.05, 3.63) is 64.7 Å². The van der Waals surface area contributed by atoms with Crippen LogP contribution in [0.1, 0.15) is 15.9 Å². The third kappa shape index (κ3) is 4.18. The third-order valence-corrected chi connectivity index (χ3v) is 4.58. The normalized spacial score (nSPS) is 10.5. The number of anilines is 1. The molecule has 28 heavy (non-hydrogen) atoms. The zero-order valence-corrected chi connectivity index (χ0v) is 16.0. The Morgan fingerprint density at radius 3 is 2.46 bits per heavy atom. The largest absolute Gasteiger partial charge is 0.507 e. The van der Waals surface area contributed by atoms with Crippen molar-refractivity contribution in [2.75, 3.05) is 19.0 Å². The van der Waals surface area contributed by atoms with Gasteiger partial charge >= 0.3 is 5.97 Å². The lowest BCUT2D eigenvalue weighted by Gasteiger charge is -2.12. The van der Waals surface area contributed by atoms with Crippen LogP contribution >= 0.6 is 11.6 Å². The van der Waals surface area contributed by atoms with Crippen LogP contribution in [-0.4, -0.2) is 30.7 Å². The molecule has 0 radical (unpaired) electrons. The summed E-state index contributed by atoms with van der Waals surface area (Å²) in [6, 6.07) is 13.5. The number of amides is 1. The number of fused-ring (bicyclic) bond motifs is 1. The molecule has 3 aromatic rings. The molecule has 144 valence electrons. The maximum absolute atomic E-state index is 12.3. The smallest absolute Gasteiger partial charge is 0.342 e. The van der Waals surface area contributed by atoms with E-state index in [9.17, 15) is 14.7 Å². The summed E-state index contributed by atoms with van der Waals surface area (Å²) < 4.78 is 10.2. The van der Waals surface area contributed by atoms with Gasteiger partial charge in [0.05, 0.1) is 12.8 Å². The average molecular weight is 400 g/mol. The van der Waals surface area contributed by atoms with E-state index in [1.54, 1.807) is 19.1 Å². The molecule has 3 rings (SSSR count). The number of ether oxygens (including phenoxy) is 2. The quantitative estimate of drug-likeness (QED) is 0.624. The van der Waals surface area contributed by atoms with Crippen molar-refractivity contribution in [3.63, 3.8) is 0 Å². The van der Waals surface area contributed by atoms with Crippen LogP contribution in [0, 0.1) is 6.92 Å². The van der Waals surface area contributed by atoms with Crippen LogP contribution in [-0.2, 0) is 9.53 Å². The molecule has 7 heteroatoms. The van der Waals surface area contributed by atoms with Gasteiger partial charge in [0.2, 0.25) is 0 Å². The highest BCUT2D eigenvalue weighted by molar-refractivity contribution is 6.31. The van der Waals surface area contributed by atoms with Crippen LogP contribution < -0.4 is 10.1 Å². The fourth-order valence-corrected chi connectivity index (χ4v) is 2.87. The lowest BCUT2D eigenvalue weighted by Crippen LogP contribution is -2.21. The molecule has 0 saturated carbocycles. The van der Waals surface area contributed by atoms with Gasteiger partial charge in [-0.3, -0.25) is 4.79 Å². The molecule has 0 unspecified atom stereocenters. The van der Waals surface area contributed by atoms with Crippen molar-refractivity contribution in [1.82, 2.24) is 0 Å². The number of nitrogens with one attached hydrogen (secondary N) is 1. The fraction of sp³-hybridized carbons (Fsp3) is 0.143. The molecule has 0 atom stereocenters. The lowest BCUT2D eigenvalue weighted by atomic mass is 10.1. The number of hydrogen-bond acceptors (Lipinski definition) is 5. The maximum Gasteiger partial charge on any atom is 0.342 e. The van der Waals surface area contributed by atoms with Gasteiger partial charge in [0, 0.05) is 11.1 Å². The van der Waals surface area contributed by atoms with E-state index in [1.165, 1.54) is 19.2 Å². The van der Waals surface area contributed by atoms with Crippen LogP contribution in [0.15, 0.2) is 48.5 Å². The molecule has 0 saturated heterocycles. The number of carbonyl (C=O) groups excluding carboxylic acids is 2. The first-order valence-corrected chi connectivity index (χ1v) is 8.79. The summed E-state index contributed by atoms with van der Waals surface area (Å²) in [5.74, 6) is -1.16. The zero-order valence-electron chi connectivity index (χ0n) is 15.3. The molecule has 3 aromatic carbocycles. The highest BCUT2D eigenvalue weighted by atomic mass is 35.5. The predicted molar refractivity (Wildman–Crippen MR) is 107 cm³/mol. The van der Waals surface area contributed by atoms with Gasteiger partial charge in [-0.1, -0.05) is 35.9 Å². The van der Waals surface area contributed by atoms with Gasteiger partial charge in [-0.15, -0.1) is 0 Å². The van der Waals surface area contributed by atoms with E-state index in [0.717, 1.165) is 16.3 Å². The number of aryl methyl sites for hydroxylation is 1. The third-order valence-electron chi connectivity index (χ3n) is 4.17. The molecular formula is C21H18ClNO5. The van der Waals surface area contributed by atoms with E-state index in [0.29, 0.717) is 16.5 Å². The second-order valence-electron chi connectivity index (χ2n) is 6.14. The average Bonchev–Trinajstić information content (AvgIpc) is 2.68. The molecule has 0 fully saturated rings. The zero-order chi connectivity index (χ0) is 20.3. The highest BCUT2D eigenvalue weighted by Crippen LogP contribution is 2.31. The molecule has 0 heterocycles. The van der Waals surface area contributed by atoms with Crippen LogP contribution in [0.3, 0.4) is 0 Å². The molecule has 0 aliphatic carbocycles. The summed E-state index contributed by atoms with van der Waals surface area (Å²) >= 11 is 6.04. The predicted octanol–water partition coefficient (Wildman–Crippen LogP) is 4.31. The van der Waals surface area contributed by atoms with Gasteiger partial charge in [0.1, 0.15) is 17.1 Å². The Morgan fingerprint density at radius 1 is 1.11 bits per heavy atom. The number of benzene rings is 3. The standard InChI is InChI=1S/C21H18ClNO5/c1-12-7-17(19(27-2)10-16(12)22)23-20(25)11-28-21(26)15-8-13-5-3-4-6-14(13)9-18(15)24/h3-10,24H,11H2,1-2H3,(H,23,25). The number of carbonyl (C=O) groups is 2. The number of hydrogen-bond donors (Lipinski definition) is 2. The molecule has 0 aliphatic rings. The summed E-state index contributed by atoms with van der Waals surface area (Å²) in [4.78, 5) is 24.5. The summed E-state index contributed by atoms with van der Waals surface area (Å²) in [5, 5.41) is 14.8. The summed E-state index contributed by atoms with van der Waals surface area (Å²) in [6.45, 7) is 1.27. The molecule has 0 spiro atoms. The molecule has 1 amide bonds. The van der Waals surface area contributed by atoms with Crippen LogP contribution in [0.25, 0.3) is 10.8 Å². The minimum atomic E-state index is -0.794. The van der Waals surface area contributed by atoms with Gasteiger partial charge < -0.3 is 19.9 Å². The Kier molecular flexibility index (Phi) is 5.70. The van der Waals surface area contributed by atoms with Crippen molar-refractivity contribution >= 4 is 39.9 Å². The Bertz CT molecular complexity index is 1060. The number of methoxy groups -OCH3 is 1. The second-order valence-corrected chi connectivity index (χ2v) is 6.55.